The average Bonchev–Trinajstić information content (AvgIpc) is 3.25. The van der Waals surface area contributed by atoms with Crippen molar-refractivity contribution in [2.45, 2.75) is 6.42 Å². The molecule has 0 aliphatic carbocycles. The minimum atomic E-state index is -0.0167. The van der Waals surface area contributed by atoms with E-state index in [1.165, 1.54) is 7.11 Å². The van der Waals surface area contributed by atoms with Crippen LogP contribution in [0.1, 0.15) is 12.1 Å². The molecule has 0 unspecified atom stereocenters. The van der Waals surface area contributed by atoms with Crippen molar-refractivity contribution >= 4 is 11.5 Å². The summed E-state index contributed by atoms with van der Waals surface area (Å²) in [5, 5.41) is 8.20. The number of nitrogens with zero attached hydrogens (tertiary/aromatic N) is 5. The smallest absolute Gasteiger partial charge is 0.268 e. The van der Waals surface area contributed by atoms with E-state index < -0.39 is 0 Å². The first-order valence-corrected chi connectivity index (χ1v) is 8.92. The summed E-state index contributed by atoms with van der Waals surface area (Å²) in [6, 6.07) is 9.56. The summed E-state index contributed by atoms with van der Waals surface area (Å²) in [6.45, 7) is 1.25. The molecule has 8 heteroatoms. The Kier molecular flexibility index (Phi) is 5.20. The maximum absolute atomic E-state index is 11.9. The Bertz CT molecular complexity index is 1000. The number of carbonyl (C=O) groups excluding carboxylic acids is 1. The Morgan fingerprint density at radius 2 is 1.93 bits per heavy atom. The second-order valence-electron chi connectivity index (χ2n) is 6.32. The maximum Gasteiger partial charge on any atom is 0.268 e. The van der Waals surface area contributed by atoms with Crippen LogP contribution >= 0.6 is 0 Å². The van der Waals surface area contributed by atoms with Gasteiger partial charge in [-0.05, 0) is 24.1 Å². The summed E-state index contributed by atoms with van der Waals surface area (Å²) < 4.78 is 10.7. The molecule has 0 atom stereocenters. The van der Waals surface area contributed by atoms with Crippen LogP contribution in [0.25, 0.3) is 28.6 Å². The summed E-state index contributed by atoms with van der Waals surface area (Å²) in [6.07, 6.45) is 6.00. The van der Waals surface area contributed by atoms with Crippen LogP contribution < -0.4 is 0 Å². The van der Waals surface area contributed by atoms with Crippen LogP contribution in [-0.4, -0.2) is 57.8 Å². The van der Waals surface area contributed by atoms with Crippen LogP contribution in [0.5, 0.6) is 0 Å². The third-order valence-electron chi connectivity index (χ3n) is 4.46. The fraction of sp³-hybridized carbons (Fsp3) is 0.250. The fourth-order valence-corrected chi connectivity index (χ4v) is 2.99. The van der Waals surface area contributed by atoms with Crippen LogP contribution in [0.2, 0.25) is 0 Å². The Hall–Kier alpha value is -3.39. The predicted molar refractivity (Wildman–Crippen MR) is 102 cm³/mol. The number of aromatic nitrogens is 4. The maximum atomic E-state index is 11.9. The number of rotatable bonds is 5. The van der Waals surface area contributed by atoms with E-state index in [1.807, 2.05) is 36.4 Å². The zero-order chi connectivity index (χ0) is 19.3. The van der Waals surface area contributed by atoms with E-state index in [0.717, 1.165) is 16.8 Å². The highest BCUT2D eigenvalue weighted by molar-refractivity contribution is 5.79. The third-order valence-corrected chi connectivity index (χ3v) is 4.46. The van der Waals surface area contributed by atoms with Crippen LogP contribution in [0, 0.1) is 0 Å². The molecule has 2 aromatic heterocycles. The highest BCUT2D eigenvalue weighted by Crippen LogP contribution is 2.25. The summed E-state index contributed by atoms with van der Waals surface area (Å²) >= 11 is 0. The molecule has 1 aromatic carbocycles. The molecule has 8 nitrogen and oxygen atoms in total. The lowest BCUT2D eigenvalue weighted by Crippen LogP contribution is -2.37. The molecule has 0 fully saturated rings. The first-order chi connectivity index (χ1) is 13.7. The molecule has 1 amide bonds. The second kappa shape index (κ2) is 8.10. The molecule has 0 radical (unpaired) electrons. The van der Waals surface area contributed by atoms with Crippen molar-refractivity contribution < 1.29 is 13.9 Å². The Labute approximate surface area is 161 Å². The second-order valence-corrected chi connectivity index (χ2v) is 6.32. The van der Waals surface area contributed by atoms with Crippen molar-refractivity contribution in [2.75, 3.05) is 26.8 Å². The lowest BCUT2D eigenvalue weighted by atomic mass is 10.1. The normalized spacial score (nSPS) is 14.0. The quantitative estimate of drug-likeness (QED) is 0.674. The minimum Gasteiger partial charge on any atom is -0.415 e. The zero-order valence-corrected chi connectivity index (χ0v) is 15.4. The fourth-order valence-electron chi connectivity index (χ4n) is 2.99. The number of methoxy groups -OCH3 is 1. The van der Waals surface area contributed by atoms with Crippen LogP contribution in [0.4, 0.5) is 0 Å². The highest BCUT2D eigenvalue weighted by Gasteiger charge is 2.19. The van der Waals surface area contributed by atoms with E-state index in [0.29, 0.717) is 37.0 Å². The van der Waals surface area contributed by atoms with Crippen molar-refractivity contribution in [2.24, 2.45) is 0 Å². The molecule has 1 aliphatic heterocycles. The van der Waals surface area contributed by atoms with Gasteiger partial charge in [0.2, 0.25) is 11.8 Å². The monoisotopic (exact) mass is 377 g/mol. The van der Waals surface area contributed by atoms with Gasteiger partial charge in [-0.1, -0.05) is 24.3 Å². The van der Waals surface area contributed by atoms with E-state index in [1.54, 1.807) is 17.3 Å². The molecule has 0 saturated heterocycles. The topological polar surface area (TPSA) is 94.2 Å². The Morgan fingerprint density at radius 1 is 1.14 bits per heavy atom. The van der Waals surface area contributed by atoms with Gasteiger partial charge >= 0.3 is 0 Å². The molecule has 0 N–H and O–H groups in total. The Morgan fingerprint density at radius 3 is 2.68 bits per heavy atom. The zero-order valence-electron chi connectivity index (χ0n) is 15.4. The molecular formula is C20H19N5O3. The van der Waals surface area contributed by atoms with Crippen molar-refractivity contribution in [1.82, 2.24) is 25.1 Å². The number of benzene rings is 1. The largest absolute Gasteiger partial charge is 0.415 e. The molecule has 3 heterocycles. The van der Waals surface area contributed by atoms with Crippen LogP contribution in [0.15, 0.2) is 53.2 Å². The minimum absolute atomic E-state index is 0.0167. The molecule has 0 bridgehead atoms. The van der Waals surface area contributed by atoms with Gasteiger partial charge in [-0.2, -0.15) is 0 Å². The SMILES string of the molecule is COCC(=O)N1CC=C(c2cncc(-c3nnc(-c4ccccc4)o3)n2)CC1. The van der Waals surface area contributed by atoms with E-state index in [9.17, 15) is 4.79 Å². The van der Waals surface area contributed by atoms with Gasteiger partial charge in [0, 0.05) is 25.8 Å². The average molecular weight is 377 g/mol. The van der Waals surface area contributed by atoms with Crippen molar-refractivity contribution in [3.05, 3.63) is 54.5 Å². The molecule has 1 aliphatic rings. The van der Waals surface area contributed by atoms with E-state index in [2.05, 4.69) is 20.2 Å². The molecule has 0 spiro atoms. The molecule has 4 rings (SSSR count). The Balaban J connectivity index is 1.53. The summed E-state index contributed by atoms with van der Waals surface area (Å²) in [5.41, 5.74) is 3.15. The van der Waals surface area contributed by atoms with Gasteiger partial charge in [0.15, 0.2) is 0 Å². The first kappa shape index (κ1) is 18.0. The number of carbonyl (C=O) groups is 1. The van der Waals surface area contributed by atoms with E-state index in [-0.39, 0.29) is 12.5 Å². The van der Waals surface area contributed by atoms with Gasteiger partial charge in [0.1, 0.15) is 12.3 Å². The van der Waals surface area contributed by atoms with Gasteiger partial charge in [-0.25, -0.2) is 4.98 Å². The van der Waals surface area contributed by atoms with Crippen molar-refractivity contribution in [3.63, 3.8) is 0 Å². The van der Waals surface area contributed by atoms with E-state index in [4.69, 9.17) is 9.15 Å². The number of hydrogen-bond donors (Lipinski definition) is 0. The van der Waals surface area contributed by atoms with Gasteiger partial charge in [-0.3, -0.25) is 9.78 Å². The summed E-state index contributed by atoms with van der Waals surface area (Å²) in [7, 11) is 1.52. The summed E-state index contributed by atoms with van der Waals surface area (Å²) in [4.78, 5) is 22.6. The molecule has 142 valence electrons. The van der Waals surface area contributed by atoms with Crippen LogP contribution in [0.3, 0.4) is 0 Å². The predicted octanol–water partition coefficient (Wildman–Crippen LogP) is 2.46. The standard InChI is InChI=1S/C20H19N5O3/c1-27-13-18(26)25-9-7-14(8-10-25)16-11-21-12-17(22-16)20-24-23-19(28-20)15-5-3-2-4-6-15/h2-7,11-12H,8-10,13H2,1H3. The van der Waals surface area contributed by atoms with Gasteiger partial charge in [0.05, 0.1) is 18.1 Å². The number of ether oxygens (including phenoxy) is 1. The van der Waals surface area contributed by atoms with Crippen molar-refractivity contribution in [3.8, 4) is 23.0 Å². The highest BCUT2D eigenvalue weighted by atomic mass is 16.5. The molecule has 3 aromatic rings. The third kappa shape index (κ3) is 3.81. The van der Waals surface area contributed by atoms with Crippen molar-refractivity contribution in [1.29, 1.82) is 0 Å². The lowest BCUT2D eigenvalue weighted by molar-refractivity contribution is -0.134. The van der Waals surface area contributed by atoms with E-state index >= 15 is 0 Å². The summed E-state index contributed by atoms with van der Waals surface area (Å²) in [5.74, 6) is 0.741. The molecule has 28 heavy (non-hydrogen) atoms. The number of amides is 1. The first-order valence-electron chi connectivity index (χ1n) is 8.92. The lowest BCUT2D eigenvalue weighted by Gasteiger charge is -2.26. The molecular weight excluding hydrogens is 358 g/mol. The van der Waals surface area contributed by atoms with Gasteiger partial charge in [0.25, 0.3) is 5.89 Å². The van der Waals surface area contributed by atoms with Gasteiger partial charge < -0.3 is 14.1 Å². The van der Waals surface area contributed by atoms with Gasteiger partial charge in [-0.15, -0.1) is 10.2 Å². The van der Waals surface area contributed by atoms with Crippen LogP contribution in [-0.2, 0) is 9.53 Å². The number of hydrogen-bond acceptors (Lipinski definition) is 7. The molecule has 0 saturated carbocycles.